The number of rotatable bonds is 7. The molecule has 0 radical (unpaired) electrons. The van der Waals surface area contributed by atoms with E-state index in [1.807, 2.05) is 20.9 Å². The highest BCUT2D eigenvalue weighted by molar-refractivity contribution is 6.37. The van der Waals surface area contributed by atoms with Crippen molar-refractivity contribution in [1.29, 1.82) is 0 Å². The smallest absolute Gasteiger partial charge is 0.275 e. The number of likely N-dealkylation sites (N-methyl/N-ethyl adjacent to an activating group) is 1. The first-order valence-electron chi connectivity index (χ1n) is 6.57. The maximum absolute atomic E-state index is 11.6. The van der Waals surface area contributed by atoms with E-state index in [9.17, 15) is 4.79 Å². The number of amides is 1. The van der Waals surface area contributed by atoms with Gasteiger partial charge in [0.2, 0.25) is 0 Å². The van der Waals surface area contributed by atoms with Crippen molar-refractivity contribution in [2.75, 3.05) is 26.7 Å². The number of para-hydroxylation sites is 1. The number of benzene rings is 1. The van der Waals surface area contributed by atoms with E-state index in [1.165, 1.54) is 0 Å². The molecule has 0 saturated heterocycles. The van der Waals surface area contributed by atoms with Gasteiger partial charge in [-0.2, -0.15) is 0 Å². The lowest BCUT2D eigenvalue weighted by atomic mass is 10.3. The van der Waals surface area contributed by atoms with Crippen LogP contribution < -0.4 is 15.0 Å². The molecule has 0 fully saturated rings. The summed E-state index contributed by atoms with van der Waals surface area (Å²) in [7, 11) is 1.94. The molecule has 0 aliphatic rings. The maximum atomic E-state index is 11.6. The molecule has 0 aliphatic carbocycles. The van der Waals surface area contributed by atoms with Gasteiger partial charge in [-0.1, -0.05) is 29.3 Å². The second-order valence-electron chi connectivity index (χ2n) is 5.01. The van der Waals surface area contributed by atoms with Crippen molar-refractivity contribution in [1.82, 2.24) is 5.32 Å². The third kappa shape index (κ3) is 5.99. The van der Waals surface area contributed by atoms with Gasteiger partial charge >= 0.3 is 0 Å². The molecule has 1 aromatic rings. The summed E-state index contributed by atoms with van der Waals surface area (Å²) in [5.74, 6) is 0.531. The highest BCUT2D eigenvalue weighted by Crippen LogP contribution is 2.31. The number of nitrogens with one attached hydrogen (secondary N) is 2. The predicted octanol–water partition coefficient (Wildman–Crippen LogP) is 1.41. The molecule has 2 N–H and O–H groups in total. The Kier molecular flexibility index (Phi) is 7.13. The summed E-state index contributed by atoms with van der Waals surface area (Å²) < 4.78 is 5.58. The van der Waals surface area contributed by atoms with E-state index in [2.05, 4.69) is 5.32 Å². The molecule has 0 saturated carbocycles. The van der Waals surface area contributed by atoms with Crippen LogP contribution in [0.2, 0.25) is 10.0 Å². The van der Waals surface area contributed by atoms with Gasteiger partial charge in [0, 0.05) is 6.04 Å². The van der Waals surface area contributed by atoms with Crippen LogP contribution in [0.3, 0.4) is 0 Å². The topological polar surface area (TPSA) is 42.8 Å². The highest BCUT2D eigenvalue weighted by atomic mass is 35.5. The highest BCUT2D eigenvalue weighted by Gasteiger charge is 2.12. The van der Waals surface area contributed by atoms with Crippen molar-refractivity contribution in [3.05, 3.63) is 28.2 Å². The first kappa shape index (κ1) is 17.1. The molecule has 0 heterocycles. The lowest BCUT2D eigenvalue weighted by Crippen LogP contribution is -3.10. The molecule has 0 bridgehead atoms. The molecule has 1 rings (SSSR count). The summed E-state index contributed by atoms with van der Waals surface area (Å²) in [5.41, 5.74) is 0. The van der Waals surface area contributed by atoms with E-state index < -0.39 is 0 Å². The molecule has 1 unspecified atom stereocenters. The molecule has 0 aliphatic heterocycles. The van der Waals surface area contributed by atoms with Crippen LogP contribution in [0.25, 0.3) is 0 Å². The quantitative estimate of drug-likeness (QED) is 0.798. The van der Waals surface area contributed by atoms with E-state index in [-0.39, 0.29) is 11.9 Å². The molecule has 6 heteroatoms. The standard InChI is InChI=1S/C14H20Cl2N2O2/c1-10(2)17-13(19)9-18(3)7-8-20-14-11(15)5-4-6-12(14)16/h4-6,10H,7-9H2,1-3H3,(H,17,19)/p+1. The number of ether oxygens (including phenoxy) is 1. The van der Waals surface area contributed by atoms with Crippen LogP contribution >= 0.6 is 23.2 Å². The fourth-order valence-corrected chi connectivity index (χ4v) is 2.19. The van der Waals surface area contributed by atoms with Crippen LogP contribution in [-0.4, -0.2) is 38.7 Å². The van der Waals surface area contributed by atoms with E-state index in [1.54, 1.807) is 18.2 Å². The van der Waals surface area contributed by atoms with Crippen LogP contribution in [0.4, 0.5) is 0 Å². The lowest BCUT2D eigenvalue weighted by molar-refractivity contribution is -0.871. The molecule has 0 aromatic heterocycles. The third-order valence-electron chi connectivity index (χ3n) is 2.61. The average Bonchev–Trinajstić information content (AvgIpc) is 2.31. The zero-order valence-corrected chi connectivity index (χ0v) is 13.5. The molecule has 20 heavy (non-hydrogen) atoms. The van der Waals surface area contributed by atoms with Gasteiger partial charge in [0.05, 0.1) is 17.1 Å². The first-order chi connectivity index (χ1) is 9.40. The largest absolute Gasteiger partial charge is 0.485 e. The van der Waals surface area contributed by atoms with Gasteiger partial charge in [0.25, 0.3) is 5.91 Å². The van der Waals surface area contributed by atoms with E-state index in [0.29, 0.717) is 35.5 Å². The van der Waals surface area contributed by atoms with Crippen LogP contribution in [0.1, 0.15) is 13.8 Å². The minimum absolute atomic E-state index is 0.0354. The Morgan fingerprint density at radius 3 is 2.50 bits per heavy atom. The number of hydrogen-bond donors (Lipinski definition) is 2. The van der Waals surface area contributed by atoms with Crippen LogP contribution in [-0.2, 0) is 4.79 Å². The zero-order chi connectivity index (χ0) is 15.1. The molecular weight excluding hydrogens is 299 g/mol. The van der Waals surface area contributed by atoms with Gasteiger partial charge in [-0.15, -0.1) is 0 Å². The predicted molar refractivity (Wildman–Crippen MR) is 81.9 cm³/mol. The Morgan fingerprint density at radius 2 is 1.95 bits per heavy atom. The van der Waals surface area contributed by atoms with Crippen molar-refractivity contribution in [2.45, 2.75) is 19.9 Å². The Labute approximate surface area is 130 Å². The Balaban J connectivity index is 2.35. The summed E-state index contributed by atoms with van der Waals surface area (Å²) in [6.45, 7) is 5.43. The zero-order valence-electron chi connectivity index (χ0n) is 12.0. The van der Waals surface area contributed by atoms with Gasteiger partial charge in [0.15, 0.2) is 12.3 Å². The van der Waals surface area contributed by atoms with E-state index in [0.717, 1.165) is 4.90 Å². The van der Waals surface area contributed by atoms with Crippen LogP contribution in [0.5, 0.6) is 5.75 Å². The van der Waals surface area contributed by atoms with Gasteiger partial charge in [-0.3, -0.25) is 4.79 Å². The molecule has 4 nitrogen and oxygen atoms in total. The van der Waals surface area contributed by atoms with Gasteiger partial charge in [-0.05, 0) is 26.0 Å². The van der Waals surface area contributed by atoms with Crippen molar-refractivity contribution in [3.8, 4) is 5.75 Å². The lowest BCUT2D eigenvalue weighted by Gasteiger charge is -2.16. The van der Waals surface area contributed by atoms with E-state index in [4.69, 9.17) is 27.9 Å². The molecule has 1 amide bonds. The Bertz CT molecular complexity index is 433. The summed E-state index contributed by atoms with van der Waals surface area (Å²) in [6, 6.07) is 5.39. The Hall–Kier alpha value is -0.970. The van der Waals surface area contributed by atoms with Crippen LogP contribution in [0.15, 0.2) is 18.2 Å². The molecule has 0 spiro atoms. The molecule has 1 atom stereocenters. The molecule has 1 aromatic carbocycles. The fraction of sp³-hybridized carbons (Fsp3) is 0.500. The second-order valence-corrected chi connectivity index (χ2v) is 5.82. The van der Waals surface area contributed by atoms with Crippen molar-refractivity contribution >= 4 is 29.1 Å². The average molecular weight is 320 g/mol. The molecule has 112 valence electrons. The Morgan fingerprint density at radius 1 is 1.35 bits per heavy atom. The summed E-state index contributed by atoms with van der Waals surface area (Å²) in [5, 5.41) is 3.84. The summed E-state index contributed by atoms with van der Waals surface area (Å²) in [6.07, 6.45) is 0. The van der Waals surface area contributed by atoms with E-state index >= 15 is 0 Å². The number of quaternary nitrogens is 1. The SMILES string of the molecule is CC(C)NC(=O)C[NH+](C)CCOc1c(Cl)cccc1Cl. The van der Waals surface area contributed by atoms with Crippen molar-refractivity contribution in [2.24, 2.45) is 0 Å². The summed E-state index contributed by atoms with van der Waals surface area (Å²) >= 11 is 12.0. The van der Waals surface area contributed by atoms with Gasteiger partial charge in [0.1, 0.15) is 13.2 Å². The number of halogens is 2. The van der Waals surface area contributed by atoms with Gasteiger partial charge in [-0.25, -0.2) is 0 Å². The first-order valence-corrected chi connectivity index (χ1v) is 7.33. The summed E-state index contributed by atoms with van der Waals surface area (Å²) in [4.78, 5) is 12.7. The monoisotopic (exact) mass is 319 g/mol. The fourth-order valence-electron chi connectivity index (χ4n) is 1.68. The second kappa shape index (κ2) is 8.35. The van der Waals surface area contributed by atoms with Crippen molar-refractivity contribution in [3.63, 3.8) is 0 Å². The van der Waals surface area contributed by atoms with Crippen LogP contribution in [0, 0.1) is 0 Å². The number of carbonyl (C=O) groups excluding carboxylic acids is 1. The third-order valence-corrected chi connectivity index (χ3v) is 3.20. The minimum atomic E-state index is 0.0354. The van der Waals surface area contributed by atoms with Gasteiger partial charge < -0.3 is 15.0 Å². The minimum Gasteiger partial charge on any atom is -0.485 e. The molecular formula is C14H21Cl2N2O2+. The maximum Gasteiger partial charge on any atom is 0.275 e. The normalized spacial score (nSPS) is 12.3. The van der Waals surface area contributed by atoms with Crippen molar-refractivity contribution < 1.29 is 14.4 Å². The number of carbonyl (C=O) groups is 1. The number of hydrogen-bond acceptors (Lipinski definition) is 2.